The van der Waals surface area contributed by atoms with E-state index in [2.05, 4.69) is 0 Å². The third kappa shape index (κ3) is 4.20. The van der Waals surface area contributed by atoms with Gasteiger partial charge in [-0.3, -0.25) is 4.79 Å². The molecule has 0 amide bonds. The zero-order chi connectivity index (χ0) is 8.36. The van der Waals surface area contributed by atoms with E-state index in [1.807, 2.05) is 0 Å². The summed E-state index contributed by atoms with van der Waals surface area (Å²) in [6, 6.07) is 0. The highest BCUT2D eigenvalue weighted by Crippen LogP contribution is 2.36. The Morgan fingerprint density at radius 2 is 2.00 bits per heavy atom. The number of carbonyl (C=O) groups is 1. The van der Waals surface area contributed by atoms with Crippen molar-refractivity contribution in [2.75, 3.05) is 0 Å². The van der Waals surface area contributed by atoms with E-state index in [4.69, 9.17) is 39.9 Å². The smallest absolute Gasteiger partial charge is 0.303 e. The monoisotopic (exact) mass is 204 g/mol. The maximum atomic E-state index is 10.1. The molecule has 0 aliphatic heterocycles. The minimum Gasteiger partial charge on any atom is -0.481 e. The molecule has 0 aliphatic carbocycles. The van der Waals surface area contributed by atoms with Crippen molar-refractivity contribution in [2.24, 2.45) is 5.92 Å². The molecule has 0 bridgehead atoms. The van der Waals surface area contributed by atoms with Crippen LogP contribution in [0.2, 0.25) is 0 Å². The molecule has 0 saturated heterocycles. The van der Waals surface area contributed by atoms with Crippen molar-refractivity contribution in [2.45, 2.75) is 17.1 Å². The molecule has 0 aromatic rings. The lowest BCUT2D eigenvalue weighted by molar-refractivity contribution is -0.137. The van der Waals surface area contributed by atoms with Gasteiger partial charge in [0.2, 0.25) is 0 Å². The molecule has 0 saturated carbocycles. The van der Waals surface area contributed by atoms with Crippen LogP contribution < -0.4 is 0 Å². The van der Waals surface area contributed by atoms with E-state index in [1.165, 1.54) is 0 Å². The molecular formula is C5H7Cl3O2. The van der Waals surface area contributed by atoms with Crippen molar-refractivity contribution < 1.29 is 9.90 Å². The van der Waals surface area contributed by atoms with Gasteiger partial charge in [0.1, 0.15) is 0 Å². The summed E-state index contributed by atoms with van der Waals surface area (Å²) >= 11 is 16.2. The van der Waals surface area contributed by atoms with Crippen LogP contribution in [0.25, 0.3) is 0 Å². The van der Waals surface area contributed by atoms with E-state index < -0.39 is 15.7 Å². The molecule has 5 heteroatoms. The Bertz CT molecular complexity index is 129. The quantitative estimate of drug-likeness (QED) is 0.703. The summed E-state index contributed by atoms with van der Waals surface area (Å²) in [6.45, 7) is 1.57. The highest BCUT2D eigenvalue weighted by molar-refractivity contribution is 6.67. The van der Waals surface area contributed by atoms with Crippen LogP contribution in [0.15, 0.2) is 0 Å². The number of halogens is 3. The van der Waals surface area contributed by atoms with Crippen molar-refractivity contribution in [3.8, 4) is 0 Å². The Hall–Kier alpha value is 0.340. The van der Waals surface area contributed by atoms with E-state index >= 15 is 0 Å². The first-order valence-electron chi connectivity index (χ1n) is 2.62. The van der Waals surface area contributed by atoms with Gasteiger partial charge >= 0.3 is 5.97 Å². The average Bonchev–Trinajstić information content (AvgIpc) is 1.60. The summed E-state index contributed by atoms with van der Waals surface area (Å²) < 4.78 is -1.47. The van der Waals surface area contributed by atoms with Crippen LogP contribution in [0.3, 0.4) is 0 Å². The third-order valence-corrected chi connectivity index (χ3v) is 2.16. The van der Waals surface area contributed by atoms with Crippen molar-refractivity contribution in [3.05, 3.63) is 0 Å². The Labute approximate surface area is 74.1 Å². The van der Waals surface area contributed by atoms with Crippen LogP contribution in [0.1, 0.15) is 13.3 Å². The number of hydrogen-bond acceptors (Lipinski definition) is 1. The third-order valence-electron chi connectivity index (χ3n) is 1.04. The zero-order valence-electron chi connectivity index (χ0n) is 5.27. The molecule has 2 nitrogen and oxygen atoms in total. The largest absolute Gasteiger partial charge is 0.481 e. The molecule has 1 N–H and O–H groups in total. The summed E-state index contributed by atoms with van der Waals surface area (Å²) in [4.78, 5) is 10.1. The zero-order valence-corrected chi connectivity index (χ0v) is 7.54. The molecule has 0 heterocycles. The number of hydrogen-bond donors (Lipinski definition) is 1. The molecule has 0 aromatic heterocycles. The second kappa shape index (κ2) is 3.65. The van der Waals surface area contributed by atoms with Gasteiger partial charge in [-0.1, -0.05) is 41.7 Å². The second-order valence-electron chi connectivity index (χ2n) is 2.04. The second-order valence-corrected chi connectivity index (χ2v) is 4.41. The van der Waals surface area contributed by atoms with Gasteiger partial charge in [-0.2, -0.15) is 0 Å². The lowest BCUT2D eigenvalue weighted by Gasteiger charge is -2.17. The van der Waals surface area contributed by atoms with E-state index in [0.717, 1.165) is 0 Å². The Morgan fingerprint density at radius 3 is 2.10 bits per heavy atom. The SMILES string of the molecule is C[C@H](CC(=O)O)C(Cl)(Cl)Cl. The standard InChI is InChI=1S/C5H7Cl3O2/c1-3(2-4(9)10)5(6,7)8/h3H,2H2,1H3,(H,9,10)/t3-/m1/s1. The first-order valence-corrected chi connectivity index (χ1v) is 3.76. The summed E-state index contributed by atoms with van der Waals surface area (Å²) in [5.41, 5.74) is 0. The minimum absolute atomic E-state index is 0.128. The van der Waals surface area contributed by atoms with Crippen molar-refractivity contribution >= 4 is 40.8 Å². The van der Waals surface area contributed by atoms with Crippen LogP contribution in [-0.2, 0) is 4.79 Å². The van der Waals surface area contributed by atoms with E-state index in [-0.39, 0.29) is 6.42 Å². The lowest BCUT2D eigenvalue weighted by Crippen LogP contribution is -2.18. The molecule has 0 spiro atoms. The van der Waals surface area contributed by atoms with Crippen LogP contribution in [0, 0.1) is 5.92 Å². The Morgan fingerprint density at radius 1 is 1.60 bits per heavy atom. The maximum Gasteiger partial charge on any atom is 0.303 e. The fourth-order valence-electron chi connectivity index (χ4n) is 0.378. The summed E-state index contributed by atoms with van der Waals surface area (Å²) in [5.74, 6) is -1.42. The fraction of sp³-hybridized carbons (Fsp3) is 0.800. The summed E-state index contributed by atoms with van der Waals surface area (Å²) in [5, 5.41) is 8.27. The van der Waals surface area contributed by atoms with E-state index in [1.54, 1.807) is 6.92 Å². The van der Waals surface area contributed by atoms with Gasteiger partial charge in [0.15, 0.2) is 3.79 Å². The highest BCUT2D eigenvalue weighted by atomic mass is 35.6. The van der Waals surface area contributed by atoms with Gasteiger partial charge in [-0.25, -0.2) is 0 Å². The predicted molar refractivity (Wildman–Crippen MR) is 41.7 cm³/mol. The summed E-state index contributed by atoms with van der Waals surface area (Å²) in [6.07, 6.45) is -0.128. The molecule has 0 aromatic carbocycles. The number of aliphatic carboxylic acids is 1. The van der Waals surface area contributed by atoms with Gasteiger partial charge in [0, 0.05) is 5.92 Å². The van der Waals surface area contributed by atoms with Crippen LogP contribution in [0.5, 0.6) is 0 Å². The fourth-order valence-corrected chi connectivity index (χ4v) is 0.609. The number of carboxylic acids is 1. The maximum absolute atomic E-state index is 10.1. The first-order chi connectivity index (χ1) is 4.34. The lowest BCUT2D eigenvalue weighted by atomic mass is 10.1. The van der Waals surface area contributed by atoms with Gasteiger partial charge < -0.3 is 5.11 Å². The molecule has 0 fully saturated rings. The molecule has 0 rings (SSSR count). The minimum atomic E-state index is -1.47. The number of carboxylic acid groups (broad SMARTS) is 1. The molecule has 0 unspecified atom stereocenters. The van der Waals surface area contributed by atoms with E-state index in [9.17, 15) is 4.79 Å². The number of alkyl halides is 3. The number of rotatable bonds is 2. The summed E-state index contributed by atoms with van der Waals surface area (Å²) in [7, 11) is 0. The first kappa shape index (κ1) is 10.3. The molecule has 60 valence electrons. The van der Waals surface area contributed by atoms with Gasteiger partial charge in [-0.15, -0.1) is 0 Å². The van der Waals surface area contributed by atoms with Crippen LogP contribution >= 0.6 is 34.8 Å². The highest BCUT2D eigenvalue weighted by Gasteiger charge is 2.29. The van der Waals surface area contributed by atoms with Crippen molar-refractivity contribution in [1.29, 1.82) is 0 Å². The molecule has 10 heavy (non-hydrogen) atoms. The molecular weight excluding hydrogens is 198 g/mol. The van der Waals surface area contributed by atoms with Gasteiger partial charge in [-0.05, 0) is 0 Å². The molecule has 1 atom stereocenters. The Kier molecular flexibility index (Phi) is 3.77. The van der Waals surface area contributed by atoms with Crippen LogP contribution in [-0.4, -0.2) is 14.9 Å². The molecule has 0 radical (unpaired) electrons. The van der Waals surface area contributed by atoms with Crippen molar-refractivity contribution in [1.82, 2.24) is 0 Å². The topological polar surface area (TPSA) is 37.3 Å². The van der Waals surface area contributed by atoms with E-state index in [0.29, 0.717) is 0 Å². The normalized spacial score (nSPS) is 14.8. The van der Waals surface area contributed by atoms with Gasteiger partial charge in [0.25, 0.3) is 0 Å². The van der Waals surface area contributed by atoms with Crippen LogP contribution in [0.4, 0.5) is 0 Å². The van der Waals surface area contributed by atoms with Gasteiger partial charge in [0.05, 0.1) is 6.42 Å². The molecule has 0 aliphatic rings. The average molecular weight is 205 g/mol. The Balaban J connectivity index is 3.85. The van der Waals surface area contributed by atoms with Crippen molar-refractivity contribution in [3.63, 3.8) is 0 Å². The predicted octanol–water partition coefficient (Wildman–Crippen LogP) is 2.47.